The number of nitrogens with zero attached hydrogens (tertiary/aromatic N) is 3. The van der Waals surface area contributed by atoms with Crippen molar-refractivity contribution in [3.8, 4) is 0 Å². The summed E-state index contributed by atoms with van der Waals surface area (Å²) in [5.74, 6) is 1.90. The van der Waals surface area contributed by atoms with Gasteiger partial charge in [-0.2, -0.15) is 0 Å². The maximum absolute atomic E-state index is 4.72. The summed E-state index contributed by atoms with van der Waals surface area (Å²) in [4.78, 5) is 11.4. The lowest BCUT2D eigenvalue weighted by Crippen LogP contribution is -2.23. The first-order chi connectivity index (χ1) is 10.4. The van der Waals surface area contributed by atoms with Crippen molar-refractivity contribution in [2.24, 2.45) is 0 Å². The molecule has 0 N–H and O–H groups in total. The van der Waals surface area contributed by atoms with Crippen molar-refractivity contribution in [1.29, 1.82) is 0 Å². The summed E-state index contributed by atoms with van der Waals surface area (Å²) in [6, 6.07) is 10.7. The Hall–Kier alpha value is -1.90. The number of anilines is 1. The van der Waals surface area contributed by atoms with E-state index in [2.05, 4.69) is 68.8 Å². The molecule has 22 heavy (non-hydrogen) atoms. The second-order valence-corrected chi connectivity index (χ2v) is 6.63. The van der Waals surface area contributed by atoms with Crippen molar-refractivity contribution < 1.29 is 0 Å². The Kier molecular flexibility index (Phi) is 5.17. The summed E-state index contributed by atoms with van der Waals surface area (Å²) in [7, 11) is 0. The standard InChI is InChI=1S/C19H27N3/c1-6-22(7-2)18-11-12-20-17(21-18)14-15-9-8-10-16(13-15)19(3,4)5/h8-13H,6-7,14H2,1-5H3. The van der Waals surface area contributed by atoms with Crippen molar-refractivity contribution in [3.05, 3.63) is 53.5 Å². The molecular formula is C19H27N3. The summed E-state index contributed by atoms with van der Waals surface area (Å²) in [5, 5.41) is 0. The highest BCUT2D eigenvalue weighted by Gasteiger charge is 2.14. The molecule has 118 valence electrons. The van der Waals surface area contributed by atoms with E-state index in [9.17, 15) is 0 Å². The Labute approximate surface area is 134 Å². The summed E-state index contributed by atoms with van der Waals surface area (Å²) in [5.41, 5.74) is 2.79. The van der Waals surface area contributed by atoms with Crippen molar-refractivity contribution in [2.75, 3.05) is 18.0 Å². The van der Waals surface area contributed by atoms with Gasteiger partial charge in [0.15, 0.2) is 0 Å². The lowest BCUT2D eigenvalue weighted by molar-refractivity contribution is 0.589. The van der Waals surface area contributed by atoms with Gasteiger partial charge >= 0.3 is 0 Å². The van der Waals surface area contributed by atoms with Crippen LogP contribution in [-0.4, -0.2) is 23.1 Å². The van der Waals surface area contributed by atoms with Crippen LogP contribution in [0.15, 0.2) is 36.5 Å². The van der Waals surface area contributed by atoms with Crippen molar-refractivity contribution in [1.82, 2.24) is 9.97 Å². The second kappa shape index (κ2) is 6.91. The average Bonchev–Trinajstić information content (AvgIpc) is 2.48. The summed E-state index contributed by atoms with van der Waals surface area (Å²) in [6.45, 7) is 13.0. The lowest BCUT2D eigenvalue weighted by Gasteiger charge is -2.20. The predicted octanol–water partition coefficient (Wildman–Crippen LogP) is 4.21. The first kappa shape index (κ1) is 16.5. The molecule has 0 aliphatic carbocycles. The van der Waals surface area contributed by atoms with E-state index in [1.807, 2.05) is 12.3 Å². The van der Waals surface area contributed by atoms with Gasteiger partial charge in [-0.1, -0.05) is 45.0 Å². The largest absolute Gasteiger partial charge is 0.357 e. The number of benzene rings is 1. The Balaban J connectivity index is 2.22. The van der Waals surface area contributed by atoms with Gasteiger partial charge in [0.1, 0.15) is 11.6 Å². The van der Waals surface area contributed by atoms with Crippen LogP contribution in [0.5, 0.6) is 0 Å². The fraction of sp³-hybridized carbons (Fsp3) is 0.474. The van der Waals surface area contributed by atoms with E-state index in [1.54, 1.807) is 0 Å². The molecule has 1 aromatic carbocycles. The van der Waals surface area contributed by atoms with Crippen molar-refractivity contribution >= 4 is 5.82 Å². The monoisotopic (exact) mass is 297 g/mol. The fourth-order valence-electron chi connectivity index (χ4n) is 2.53. The Morgan fingerprint density at radius 3 is 2.41 bits per heavy atom. The molecule has 0 atom stereocenters. The summed E-state index contributed by atoms with van der Waals surface area (Å²) >= 11 is 0. The topological polar surface area (TPSA) is 29.0 Å². The van der Waals surface area contributed by atoms with E-state index in [1.165, 1.54) is 11.1 Å². The van der Waals surface area contributed by atoms with Crippen LogP contribution < -0.4 is 4.90 Å². The number of rotatable bonds is 5. The van der Waals surface area contributed by atoms with Gasteiger partial charge in [-0.25, -0.2) is 9.97 Å². The van der Waals surface area contributed by atoms with Crippen LogP contribution in [0, 0.1) is 0 Å². The van der Waals surface area contributed by atoms with Crippen LogP contribution in [0.4, 0.5) is 5.82 Å². The van der Waals surface area contributed by atoms with E-state index >= 15 is 0 Å². The lowest BCUT2D eigenvalue weighted by atomic mass is 9.86. The maximum atomic E-state index is 4.72. The van der Waals surface area contributed by atoms with E-state index in [0.29, 0.717) is 0 Å². The molecule has 2 aromatic rings. The molecule has 0 saturated heterocycles. The quantitative estimate of drug-likeness (QED) is 0.827. The third-order valence-electron chi connectivity index (χ3n) is 3.93. The molecule has 0 saturated carbocycles. The van der Waals surface area contributed by atoms with Crippen molar-refractivity contribution in [3.63, 3.8) is 0 Å². The molecule has 1 heterocycles. The van der Waals surface area contributed by atoms with Gasteiger partial charge in [0.2, 0.25) is 0 Å². The normalized spacial score (nSPS) is 11.5. The minimum atomic E-state index is 0.167. The smallest absolute Gasteiger partial charge is 0.135 e. The van der Waals surface area contributed by atoms with Gasteiger partial charge in [0, 0.05) is 25.7 Å². The highest BCUT2D eigenvalue weighted by Crippen LogP contribution is 2.23. The first-order valence-electron chi connectivity index (χ1n) is 8.10. The highest BCUT2D eigenvalue weighted by molar-refractivity contribution is 5.38. The molecule has 0 aliphatic rings. The zero-order valence-electron chi connectivity index (χ0n) is 14.4. The minimum Gasteiger partial charge on any atom is -0.357 e. The first-order valence-corrected chi connectivity index (χ1v) is 8.10. The van der Waals surface area contributed by atoms with E-state index in [0.717, 1.165) is 31.2 Å². The number of aromatic nitrogens is 2. The Bertz CT molecular complexity index is 610. The molecule has 0 bridgehead atoms. The van der Waals surface area contributed by atoms with Gasteiger partial charge in [-0.05, 0) is 36.5 Å². The van der Waals surface area contributed by atoms with Gasteiger partial charge in [0.05, 0.1) is 0 Å². The van der Waals surface area contributed by atoms with E-state index < -0.39 is 0 Å². The van der Waals surface area contributed by atoms with E-state index in [-0.39, 0.29) is 5.41 Å². The molecule has 0 amide bonds. The average molecular weight is 297 g/mol. The SMILES string of the molecule is CCN(CC)c1ccnc(Cc2cccc(C(C)(C)C)c2)n1. The molecule has 0 unspecified atom stereocenters. The van der Waals surface area contributed by atoms with E-state index in [4.69, 9.17) is 4.98 Å². The van der Waals surface area contributed by atoms with Gasteiger partial charge in [-0.3, -0.25) is 0 Å². The molecule has 3 heteroatoms. The fourth-order valence-corrected chi connectivity index (χ4v) is 2.53. The molecule has 2 rings (SSSR count). The van der Waals surface area contributed by atoms with Crippen LogP contribution in [0.3, 0.4) is 0 Å². The molecule has 0 spiro atoms. The minimum absolute atomic E-state index is 0.167. The maximum Gasteiger partial charge on any atom is 0.135 e. The molecule has 3 nitrogen and oxygen atoms in total. The predicted molar refractivity (Wildman–Crippen MR) is 93.5 cm³/mol. The summed E-state index contributed by atoms with van der Waals surface area (Å²) < 4.78 is 0. The van der Waals surface area contributed by atoms with Crippen LogP contribution in [0.1, 0.15) is 51.6 Å². The molecule has 1 aromatic heterocycles. The summed E-state index contributed by atoms with van der Waals surface area (Å²) in [6.07, 6.45) is 2.64. The molecular weight excluding hydrogens is 270 g/mol. The Morgan fingerprint density at radius 1 is 1.05 bits per heavy atom. The number of hydrogen-bond donors (Lipinski definition) is 0. The van der Waals surface area contributed by atoms with Crippen LogP contribution >= 0.6 is 0 Å². The van der Waals surface area contributed by atoms with Gasteiger partial charge < -0.3 is 4.90 Å². The Morgan fingerprint density at radius 2 is 1.77 bits per heavy atom. The van der Waals surface area contributed by atoms with Crippen LogP contribution in [0.25, 0.3) is 0 Å². The zero-order chi connectivity index (χ0) is 16.2. The van der Waals surface area contributed by atoms with Gasteiger partial charge in [0.25, 0.3) is 0 Å². The third kappa shape index (κ3) is 4.06. The molecule has 0 aliphatic heterocycles. The molecule has 0 fully saturated rings. The highest BCUT2D eigenvalue weighted by atomic mass is 15.2. The third-order valence-corrected chi connectivity index (χ3v) is 3.93. The van der Waals surface area contributed by atoms with Gasteiger partial charge in [-0.15, -0.1) is 0 Å². The van der Waals surface area contributed by atoms with Crippen molar-refractivity contribution in [2.45, 2.75) is 46.5 Å². The number of hydrogen-bond acceptors (Lipinski definition) is 3. The van der Waals surface area contributed by atoms with Crippen LogP contribution in [0.2, 0.25) is 0 Å². The van der Waals surface area contributed by atoms with Crippen LogP contribution in [-0.2, 0) is 11.8 Å². The zero-order valence-corrected chi connectivity index (χ0v) is 14.4. The molecule has 0 radical (unpaired) electrons. The second-order valence-electron chi connectivity index (χ2n) is 6.63.